The van der Waals surface area contributed by atoms with Crippen LogP contribution in [0.4, 0.5) is 11.4 Å². The third kappa shape index (κ3) is 3.13. The van der Waals surface area contributed by atoms with Gasteiger partial charge in [-0.3, -0.25) is 0 Å². The fourth-order valence-electron chi connectivity index (χ4n) is 4.55. The van der Waals surface area contributed by atoms with Crippen molar-refractivity contribution >= 4 is 16.9 Å². The standard InChI is InChI=1S/C28H25N/c1-28(2)26-12-8-4-7-11-24(26)25-18-17-23(19-27(25)28)29-22-15-13-21(14-16-22)20-9-5-3-6-10-20/h3-11,13-19,29H,12H2,1-2H3. The summed E-state index contributed by atoms with van der Waals surface area (Å²) in [6.07, 6.45) is 9.87. The van der Waals surface area contributed by atoms with Crippen molar-refractivity contribution in [3.8, 4) is 11.1 Å². The molecule has 0 spiro atoms. The van der Waals surface area contributed by atoms with Crippen molar-refractivity contribution in [3.05, 3.63) is 114 Å². The molecule has 0 fully saturated rings. The molecule has 0 heterocycles. The van der Waals surface area contributed by atoms with Gasteiger partial charge in [0.25, 0.3) is 0 Å². The SMILES string of the molecule is CC1(C)C2=C(C=CC=CC2)c2ccc(Nc3ccc(-c4ccccc4)cc3)cc21. The zero-order valence-corrected chi connectivity index (χ0v) is 16.9. The lowest BCUT2D eigenvalue weighted by Crippen LogP contribution is -2.17. The van der Waals surface area contributed by atoms with Crippen LogP contribution in [0.25, 0.3) is 16.7 Å². The third-order valence-electron chi connectivity index (χ3n) is 6.18. The van der Waals surface area contributed by atoms with Crippen LogP contribution in [0, 0.1) is 0 Å². The molecule has 1 nitrogen and oxygen atoms in total. The highest BCUT2D eigenvalue weighted by Gasteiger charge is 2.36. The zero-order valence-electron chi connectivity index (χ0n) is 16.9. The van der Waals surface area contributed by atoms with E-state index in [1.807, 2.05) is 0 Å². The highest BCUT2D eigenvalue weighted by Crippen LogP contribution is 2.49. The minimum Gasteiger partial charge on any atom is -0.356 e. The molecule has 2 aliphatic rings. The molecule has 0 bridgehead atoms. The summed E-state index contributed by atoms with van der Waals surface area (Å²) in [6.45, 7) is 4.69. The van der Waals surface area contributed by atoms with Crippen molar-refractivity contribution in [3.63, 3.8) is 0 Å². The Hall–Kier alpha value is -3.32. The lowest BCUT2D eigenvalue weighted by Gasteiger charge is -2.24. The van der Waals surface area contributed by atoms with Crippen molar-refractivity contribution in [2.24, 2.45) is 0 Å². The topological polar surface area (TPSA) is 12.0 Å². The maximum absolute atomic E-state index is 3.59. The van der Waals surface area contributed by atoms with Crippen LogP contribution in [0.1, 0.15) is 31.4 Å². The molecule has 1 N–H and O–H groups in total. The summed E-state index contributed by atoms with van der Waals surface area (Å²) in [6, 6.07) is 26.0. The first-order valence-electron chi connectivity index (χ1n) is 10.3. The lowest BCUT2D eigenvalue weighted by molar-refractivity contribution is 0.626. The third-order valence-corrected chi connectivity index (χ3v) is 6.18. The summed E-state index contributed by atoms with van der Waals surface area (Å²) in [5.74, 6) is 0. The number of nitrogens with one attached hydrogen (secondary N) is 1. The van der Waals surface area contributed by atoms with Crippen LogP contribution < -0.4 is 5.32 Å². The lowest BCUT2D eigenvalue weighted by atomic mass is 9.80. The Kier molecular flexibility index (Phi) is 4.24. The van der Waals surface area contributed by atoms with Gasteiger partial charge in [-0.2, -0.15) is 0 Å². The molecule has 0 unspecified atom stereocenters. The molecule has 0 atom stereocenters. The normalized spacial score (nSPS) is 16.3. The molecular formula is C28H25N. The van der Waals surface area contributed by atoms with Crippen LogP contribution in [-0.2, 0) is 5.41 Å². The average Bonchev–Trinajstić information content (AvgIpc) is 2.91. The summed E-state index contributed by atoms with van der Waals surface area (Å²) >= 11 is 0. The molecular weight excluding hydrogens is 350 g/mol. The summed E-state index contributed by atoms with van der Waals surface area (Å²) in [4.78, 5) is 0. The van der Waals surface area contributed by atoms with Gasteiger partial charge in [0.05, 0.1) is 0 Å². The van der Waals surface area contributed by atoms with Gasteiger partial charge in [0.1, 0.15) is 0 Å². The number of hydrogen-bond acceptors (Lipinski definition) is 1. The van der Waals surface area contributed by atoms with Gasteiger partial charge < -0.3 is 5.32 Å². The molecule has 0 saturated heterocycles. The monoisotopic (exact) mass is 375 g/mol. The van der Waals surface area contributed by atoms with E-state index in [4.69, 9.17) is 0 Å². The molecule has 0 aromatic heterocycles. The Morgan fingerprint density at radius 3 is 2.28 bits per heavy atom. The Balaban J connectivity index is 1.42. The highest BCUT2D eigenvalue weighted by molar-refractivity contribution is 5.88. The van der Waals surface area contributed by atoms with Gasteiger partial charge >= 0.3 is 0 Å². The zero-order chi connectivity index (χ0) is 19.8. The minimum atomic E-state index is 0.0541. The van der Waals surface area contributed by atoms with E-state index in [2.05, 4.69) is 116 Å². The van der Waals surface area contributed by atoms with Crippen LogP contribution in [-0.4, -0.2) is 0 Å². The maximum Gasteiger partial charge on any atom is 0.0387 e. The molecule has 0 saturated carbocycles. The number of allylic oxidation sites excluding steroid dienone is 6. The van der Waals surface area contributed by atoms with E-state index >= 15 is 0 Å². The molecule has 0 amide bonds. The molecule has 142 valence electrons. The van der Waals surface area contributed by atoms with Gasteiger partial charge in [0.2, 0.25) is 0 Å². The number of fused-ring (bicyclic) bond motifs is 2. The molecule has 2 aliphatic carbocycles. The Morgan fingerprint density at radius 1 is 0.759 bits per heavy atom. The van der Waals surface area contributed by atoms with Gasteiger partial charge in [0.15, 0.2) is 0 Å². The van der Waals surface area contributed by atoms with Gasteiger partial charge in [-0.1, -0.05) is 86.7 Å². The predicted molar refractivity (Wildman–Crippen MR) is 124 cm³/mol. The maximum atomic E-state index is 3.59. The van der Waals surface area contributed by atoms with Crippen LogP contribution in [0.5, 0.6) is 0 Å². The van der Waals surface area contributed by atoms with Crippen LogP contribution >= 0.6 is 0 Å². The Morgan fingerprint density at radius 2 is 1.48 bits per heavy atom. The van der Waals surface area contributed by atoms with Crippen LogP contribution in [0.15, 0.2) is 103 Å². The fraction of sp³-hybridized carbons (Fsp3) is 0.143. The molecule has 3 aromatic carbocycles. The second kappa shape index (κ2) is 6.93. The van der Waals surface area contributed by atoms with Gasteiger partial charge in [0, 0.05) is 16.8 Å². The molecule has 1 heteroatoms. The number of rotatable bonds is 3. The highest BCUT2D eigenvalue weighted by atomic mass is 14.9. The summed E-state index contributed by atoms with van der Waals surface area (Å²) < 4.78 is 0. The van der Waals surface area contributed by atoms with Gasteiger partial charge in [-0.15, -0.1) is 0 Å². The van der Waals surface area contributed by atoms with Gasteiger partial charge in [-0.25, -0.2) is 0 Å². The molecule has 0 aliphatic heterocycles. The van der Waals surface area contributed by atoms with E-state index in [-0.39, 0.29) is 5.41 Å². The minimum absolute atomic E-state index is 0.0541. The van der Waals surface area contributed by atoms with Crippen molar-refractivity contribution < 1.29 is 0 Å². The second-order valence-corrected chi connectivity index (χ2v) is 8.34. The summed E-state index contributed by atoms with van der Waals surface area (Å²) in [5.41, 5.74) is 10.5. The summed E-state index contributed by atoms with van der Waals surface area (Å²) in [5, 5.41) is 3.59. The smallest absolute Gasteiger partial charge is 0.0387 e. The number of benzene rings is 3. The van der Waals surface area contributed by atoms with Crippen molar-refractivity contribution in [1.29, 1.82) is 0 Å². The Bertz CT molecular complexity index is 1140. The number of anilines is 2. The fourth-order valence-corrected chi connectivity index (χ4v) is 4.55. The van der Waals surface area contributed by atoms with Crippen molar-refractivity contribution in [2.75, 3.05) is 5.32 Å². The van der Waals surface area contributed by atoms with E-state index in [1.165, 1.54) is 33.4 Å². The van der Waals surface area contributed by atoms with Crippen LogP contribution in [0.3, 0.4) is 0 Å². The first kappa shape index (κ1) is 17.8. The van der Waals surface area contributed by atoms with E-state index < -0.39 is 0 Å². The second-order valence-electron chi connectivity index (χ2n) is 8.34. The average molecular weight is 376 g/mol. The first-order valence-corrected chi connectivity index (χ1v) is 10.3. The molecule has 0 radical (unpaired) electrons. The van der Waals surface area contributed by atoms with E-state index in [9.17, 15) is 0 Å². The predicted octanol–water partition coefficient (Wildman–Crippen LogP) is 7.66. The molecule has 29 heavy (non-hydrogen) atoms. The van der Waals surface area contributed by atoms with Crippen molar-refractivity contribution in [2.45, 2.75) is 25.7 Å². The van der Waals surface area contributed by atoms with E-state index in [0.717, 1.165) is 17.8 Å². The summed E-state index contributed by atoms with van der Waals surface area (Å²) in [7, 11) is 0. The first-order chi connectivity index (χ1) is 14.1. The van der Waals surface area contributed by atoms with Crippen LogP contribution in [0.2, 0.25) is 0 Å². The van der Waals surface area contributed by atoms with Crippen molar-refractivity contribution in [1.82, 2.24) is 0 Å². The molecule has 3 aromatic rings. The Labute approximate surface area is 173 Å². The van der Waals surface area contributed by atoms with E-state index in [0.29, 0.717) is 0 Å². The van der Waals surface area contributed by atoms with Gasteiger partial charge in [-0.05, 0) is 64.1 Å². The molecule has 5 rings (SSSR count). The van der Waals surface area contributed by atoms with E-state index in [1.54, 1.807) is 0 Å². The number of hydrogen-bond donors (Lipinski definition) is 1. The largest absolute Gasteiger partial charge is 0.356 e. The quantitative estimate of drug-likeness (QED) is 0.495.